The minimum absolute atomic E-state index is 0.242. The van der Waals surface area contributed by atoms with Crippen LogP contribution < -0.4 is 0 Å². The third-order valence-corrected chi connectivity index (χ3v) is 4.93. The first-order chi connectivity index (χ1) is 13.8. The first kappa shape index (κ1) is 20.4. The van der Waals surface area contributed by atoms with Gasteiger partial charge in [0.05, 0.1) is 5.56 Å². The van der Waals surface area contributed by atoms with Gasteiger partial charge in [-0.1, -0.05) is 29.8 Å². The van der Waals surface area contributed by atoms with Crippen molar-refractivity contribution in [3.63, 3.8) is 0 Å². The second kappa shape index (κ2) is 8.78. The van der Waals surface area contributed by atoms with Crippen molar-refractivity contribution < 1.29 is 14.3 Å². The Morgan fingerprint density at radius 3 is 2.03 bits per heavy atom. The molecule has 0 N–H and O–H groups in total. The van der Waals surface area contributed by atoms with E-state index >= 15 is 0 Å². The van der Waals surface area contributed by atoms with Gasteiger partial charge in [-0.15, -0.1) is 0 Å². The van der Waals surface area contributed by atoms with E-state index in [0.29, 0.717) is 12.1 Å². The molecule has 0 spiro atoms. The second-order valence-corrected chi connectivity index (χ2v) is 7.31. The van der Waals surface area contributed by atoms with Crippen LogP contribution in [0.3, 0.4) is 0 Å². The molecule has 5 nitrogen and oxygen atoms in total. The van der Waals surface area contributed by atoms with Gasteiger partial charge in [-0.3, -0.25) is 4.79 Å². The van der Waals surface area contributed by atoms with Crippen LogP contribution in [0.4, 0.5) is 0 Å². The van der Waals surface area contributed by atoms with Gasteiger partial charge in [-0.25, -0.2) is 4.79 Å². The number of carbonyl (C=O) groups is 2. The first-order valence-corrected chi connectivity index (χ1v) is 9.57. The van der Waals surface area contributed by atoms with Crippen molar-refractivity contribution in [1.82, 2.24) is 9.47 Å². The van der Waals surface area contributed by atoms with Crippen molar-refractivity contribution >= 4 is 11.9 Å². The average Bonchev–Trinajstić information content (AvgIpc) is 3.05. The van der Waals surface area contributed by atoms with E-state index in [-0.39, 0.29) is 12.5 Å². The SMILES string of the molecule is Cc1ccc(CN(C)C(=O)COC(=O)c2ccc(-n3c(C)ccc3C)cc2)cc1. The van der Waals surface area contributed by atoms with E-state index in [9.17, 15) is 9.59 Å². The molecule has 3 aromatic rings. The molecule has 0 atom stereocenters. The normalized spacial score (nSPS) is 10.6. The number of nitrogens with zero attached hydrogens (tertiary/aromatic N) is 2. The van der Waals surface area contributed by atoms with Crippen molar-refractivity contribution in [1.29, 1.82) is 0 Å². The molecule has 3 rings (SSSR count). The lowest BCUT2D eigenvalue weighted by Gasteiger charge is -2.17. The molecule has 2 aromatic carbocycles. The third-order valence-electron chi connectivity index (χ3n) is 4.93. The number of esters is 1. The van der Waals surface area contributed by atoms with Crippen LogP contribution in [-0.4, -0.2) is 35.0 Å². The maximum absolute atomic E-state index is 12.3. The molecule has 1 heterocycles. The Hall–Kier alpha value is -3.34. The van der Waals surface area contributed by atoms with Crippen molar-refractivity contribution in [2.75, 3.05) is 13.7 Å². The topological polar surface area (TPSA) is 51.5 Å². The van der Waals surface area contributed by atoms with Crippen molar-refractivity contribution in [3.8, 4) is 5.69 Å². The van der Waals surface area contributed by atoms with E-state index in [1.54, 1.807) is 24.1 Å². The van der Waals surface area contributed by atoms with Crippen LogP contribution in [0.1, 0.15) is 32.9 Å². The van der Waals surface area contributed by atoms with Gasteiger partial charge in [-0.05, 0) is 62.7 Å². The summed E-state index contributed by atoms with van der Waals surface area (Å²) in [5, 5.41) is 0. The summed E-state index contributed by atoms with van der Waals surface area (Å²) in [5.74, 6) is -0.747. The number of hydrogen-bond donors (Lipinski definition) is 0. The predicted octanol–water partition coefficient (Wildman–Crippen LogP) is 4.22. The highest BCUT2D eigenvalue weighted by Gasteiger charge is 2.14. The molecule has 29 heavy (non-hydrogen) atoms. The van der Waals surface area contributed by atoms with Gasteiger partial charge in [0, 0.05) is 30.7 Å². The quantitative estimate of drug-likeness (QED) is 0.592. The van der Waals surface area contributed by atoms with Crippen LogP contribution in [0.15, 0.2) is 60.7 Å². The highest BCUT2D eigenvalue weighted by atomic mass is 16.5. The Morgan fingerprint density at radius 2 is 1.45 bits per heavy atom. The van der Waals surface area contributed by atoms with Crippen LogP contribution in [-0.2, 0) is 16.1 Å². The molecular formula is C24H26N2O3. The number of benzene rings is 2. The van der Waals surface area contributed by atoms with Crippen LogP contribution in [0.2, 0.25) is 0 Å². The molecule has 0 aliphatic heterocycles. The molecule has 1 aromatic heterocycles. The van der Waals surface area contributed by atoms with Crippen LogP contribution >= 0.6 is 0 Å². The molecule has 150 valence electrons. The van der Waals surface area contributed by atoms with Gasteiger partial charge < -0.3 is 14.2 Å². The van der Waals surface area contributed by atoms with Crippen LogP contribution in [0, 0.1) is 20.8 Å². The molecule has 5 heteroatoms. The molecule has 0 radical (unpaired) electrons. The van der Waals surface area contributed by atoms with E-state index in [0.717, 1.165) is 22.6 Å². The van der Waals surface area contributed by atoms with E-state index < -0.39 is 5.97 Å². The average molecular weight is 390 g/mol. The summed E-state index contributed by atoms with van der Waals surface area (Å²) in [6.07, 6.45) is 0. The number of likely N-dealkylation sites (N-methyl/N-ethyl adjacent to an activating group) is 1. The van der Waals surface area contributed by atoms with Gasteiger partial charge in [0.25, 0.3) is 5.91 Å². The number of aryl methyl sites for hydroxylation is 3. The number of aromatic nitrogens is 1. The highest BCUT2D eigenvalue weighted by Crippen LogP contribution is 2.17. The maximum Gasteiger partial charge on any atom is 0.338 e. The smallest absolute Gasteiger partial charge is 0.338 e. The van der Waals surface area contributed by atoms with Gasteiger partial charge in [0.2, 0.25) is 0 Å². The summed E-state index contributed by atoms with van der Waals surface area (Å²) >= 11 is 0. The third kappa shape index (κ3) is 4.93. The Balaban J connectivity index is 1.56. The molecule has 1 amide bonds. The lowest BCUT2D eigenvalue weighted by Crippen LogP contribution is -2.30. The lowest BCUT2D eigenvalue weighted by atomic mass is 10.1. The zero-order valence-corrected chi connectivity index (χ0v) is 17.3. The molecule has 0 unspecified atom stereocenters. The van der Waals surface area contributed by atoms with E-state index in [2.05, 4.69) is 16.7 Å². The molecule has 0 saturated heterocycles. The first-order valence-electron chi connectivity index (χ1n) is 9.57. The fourth-order valence-electron chi connectivity index (χ4n) is 3.20. The number of ether oxygens (including phenoxy) is 1. The fourth-order valence-corrected chi connectivity index (χ4v) is 3.20. The predicted molar refractivity (Wildman–Crippen MR) is 113 cm³/mol. The molecule has 0 saturated carbocycles. The summed E-state index contributed by atoms with van der Waals surface area (Å²) < 4.78 is 7.32. The van der Waals surface area contributed by atoms with Gasteiger partial charge in [0.1, 0.15) is 0 Å². The Kier molecular flexibility index (Phi) is 6.17. The van der Waals surface area contributed by atoms with Crippen LogP contribution in [0.5, 0.6) is 0 Å². The number of rotatable bonds is 6. The fraction of sp³-hybridized carbons (Fsp3) is 0.250. The van der Waals surface area contributed by atoms with Crippen molar-refractivity contribution in [2.45, 2.75) is 27.3 Å². The van der Waals surface area contributed by atoms with Gasteiger partial charge in [-0.2, -0.15) is 0 Å². The molecular weight excluding hydrogens is 364 g/mol. The van der Waals surface area contributed by atoms with E-state index in [4.69, 9.17) is 4.74 Å². The largest absolute Gasteiger partial charge is 0.452 e. The van der Waals surface area contributed by atoms with Crippen molar-refractivity contribution in [3.05, 3.63) is 88.7 Å². The maximum atomic E-state index is 12.3. The number of hydrogen-bond acceptors (Lipinski definition) is 3. The molecule has 0 aliphatic rings. The Bertz CT molecular complexity index is 982. The number of amides is 1. The summed E-state index contributed by atoms with van der Waals surface area (Å²) in [5.41, 5.74) is 5.86. The second-order valence-electron chi connectivity index (χ2n) is 7.31. The van der Waals surface area contributed by atoms with Gasteiger partial charge >= 0.3 is 5.97 Å². The lowest BCUT2D eigenvalue weighted by molar-refractivity contribution is -0.133. The van der Waals surface area contributed by atoms with Crippen molar-refractivity contribution in [2.24, 2.45) is 0 Å². The monoisotopic (exact) mass is 390 g/mol. The summed E-state index contributed by atoms with van der Waals surface area (Å²) in [4.78, 5) is 26.1. The minimum atomic E-state index is -0.505. The zero-order chi connectivity index (χ0) is 21.0. The summed E-state index contributed by atoms with van der Waals surface area (Å²) in [7, 11) is 1.70. The summed E-state index contributed by atoms with van der Waals surface area (Å²) in [6.45, 7) is 6.28. The highest BCUT2D eigenvalue weighted by molar-refractivity contribution is 5.91. The standard InChI is InChI=1S/C24H26N2O3/c1-17-5-9-20(10-6-17)15-25(4)23(27)16-29-24(28)21-11-13-22(14-12-21)26-18(2)7-8-19(26)3/h5-14H,15-16H2,1-4H3. The Labute approximate surface area is 171 Å². The molecule has 0 aliphatic carbocycles. The summed E-state index contributed by atoms with van der Waals surface area (Å²) in [6, 6.07) is 19.3. The van der Waals surface area contributed by atoms with Crippen LogP contribution in [0.25, 0.3) is 5.69 Å². The Morgan fingerprint density at radius 1 is 0.862 bits per heavy atom. The van der Waals surface area contributed by atoms with E-state index in [1.807, 2.05) is 57.2 Å². The van der Waals surface area contributed by atoms with E-state index in [1.165, 1.54) is 5.56 Å². The van der Waals surface area contributed by atoms with Gasteiger partial charge in [0.15, 0.2) is 6.61 Å². The molecule has 0 bridgehead atoms. The molecule has 0 fully saturated rings. The minimum Gasteiger partial charge on any atom is -0.452 e. The number of carbonyl (C=O) groups excluding carboxylic acids is 2. The zero-order valence-electron chi connectivity index (χ0n) is 17.3.